The minimum Gasteiger partial charge on any atom is -1.00 e. The van der Waals surface area contributed by atoms with Crippen molar-refractivity contribution in [2.45, 2.75) is 62.2 Å². The van der Waals surface area contributed by atoms with E-state index in [0.29, 0.717) is 18.1 Å². The molecule has 0 spiro atoms. The van der Waals surface area contributed by atoms with Crippen molar-refractivity contribution in [1.82, 2.24) is 0 Å². The maximum absolute atomic E-state index is 11.7. The predicted molar refractivity (Wildman–Crippen MR) is 158 cm³/mol. The van der Waals surface area contributed by atoms with Crippen LogP contribution in [0.15, 0.2) is 81.2 Å². The van der Waals surface area contributed by atoms with E-state index in [2.05, 4.69) is 9.48 Å². The van der Waals surface area contributed by atoms with Gasteiger partial charge in [-0.1, -0.05) is 25.4 Å². The lowest BCUT2D eigenvalue weighted by atomic mass is 9.81. The standard InChI is InChI=1S/C29H33ClN2O6S2.HI/c1-7-31-24-13-11-20(39(33,34)35)17-22(24)28(3,4)26(31)15-9-19(30)10-16-27-29(5,6)23-18-21(40(36,37)38)12-14-25(23)32(27)8-2;/h9-18H,7-8H2,1-6H3,(H-,33,34,35,36,37,38);1H. The van der Waals surface area contributed by atoms with Gasteiger partial charge in [-0.05, 0) is 81.8 Å². The first-order valence-electron chi connectivity index (χ1n) is 12.9. The molecule has 8 nitrogen and oxygen atoms in total. The second kappa shape index (κ2) is 11.6. The molecule has 0 atom stereocenters. The first-order valence-corrected chi connectivity index (χ1v) is 16.1. The van der Waals surface area contributed by atoms with Gasteiger partial charge in [-0.25, -0.2) is 0 Å². The number of hydrogen-bond donors (Lipinski definition) is 2. The summed E-state index contributed by atoms with van der Waals surface area (Å²) in [7, 11) is -8.66. The molecule has 0 bridgehead atoms. The van der Waals surface area contributed by atoms with Gasteiger partial charge in [0.25, 0.3) is 20.2 Å². The third-order valence-corrected chi connectivity index (χ3v) is 9.71. The maximum atomic E-state index is 11.7. The Bertz CT molecular complexity index is 1740. The second-order valence-electron chi connectivity index (χ2n) is 10.9. The Morgan fingerprint density at radius 3 is 2.02 bits per heavy atom. The zero-order chi connectivity index (χ0) is 29.8. The Balaban J connectivity index is 0.00000462. The zero-order valence-electron chi connectivity index (χ0n) is 23.7. The van der Waals surface area contributed by atoms with E-state index in [1.165, 1.54) is 24.3 Å². The van der Waals surface area contributed by atoms with Gasteiger partial charge in [0.2, 0.25) is 5.69 Å². The first-order chi connectivity index (χ1) is 18.4. The number of halogens is 2. The number of benzene rings is 2. The Morgan fingerprint density at radius 2 is 1.49 bits per heavy atom. The van der Waals surface area contributed by atoms with E-state index in [1.807, 2.05) is 53.7 Å². The second-order valence-corrected chi connectivity index (χ2v) is 14.1. The molecular formula is C29H34ClIN2O6S2. The third kappa shape index (κ3) is 6.07. The average molecular weight is 733 g/mol. The molecule has 2 aromatic carbocycles. The summed E-state index contributed by atoms with van der Waals surface area (Å²) in [6.45, 7) is 13.3. The van der Waals surface area contributed by atoms with Crippen LogP contribution in [0.25, 0.3) is 0 Å². The highest BCUT2D eigenvalue weighted by Gasteiger charge is 2.44. The molecule has 0 aromatic heterocycles. The molecule has 4 rings (SSSR count). The number of likely N-dealkylation sites (N-methyl/N-ethyl adjacent to an activating group) is 1. The highest BCUT2D eigenvalue weighted by atomic mass is 127. The van der Waals surface area contributed by atoms with E-state index in [9.17, 15) is 25.9 Å². The van der Waals surface area contributed by atoms with E-state index < -0.39 is 31.1 Å². The van der Waals surface area contributed by atoms with Crippen LogP contribution in [0.5, 0.6) is 0 Å². The van der Waals surface area contributed by atoms with Crippen LogP contribution in [0.2, 0.25) is 0 Å². The molecule has 12 heteroatoms. The molecule has 0 aliphatic carbocycles. The molecule has 0 fully saturated rings. The molecule has 2 aliphatic rings. The molecule has 0 unspecified atom stereocenters. The summed E-state index contributed by atoms with van der Waals surface area (Å²) >= 11 is 6.65. The van der Waals surface area contributed by atoms with E-state index in [4.69, 9.17) is 11.6 Å². The summed E-state index contributed by atoms with van der Waals surface area (Å²) in [5.41, 5.74) is 4.09. The van der Waals surface area contributed by atoms with Gasteiger partial charge >= 0.3 is 0 Å². The van der Waals surface area contributed by atoms with Gasteiger partial charge < -0.3 is 28.9 Å². The Morgan fingerprint density at radius 1 is 0.927 bits per heavy atom. The van der Waals surface area contributed by atoms with Crippen LogP contribution in [0.3, 0.4) is 0 Å². The SMILES string of the molecule is CCN1\C(=C/C=C(Cl)/C=C/C2=[N+](CC)c3ccc(S(=O)(=O)O)cc3C2(C)C)C(C)(C)c2cc(S(=O)(=O)O)ccc21.[I-]. The van der Waals surface area contributed by atoms with Gasteiger partial charge in [0.05, 0.1) is 15.2 Å². The zero-order valence-corrected chi connectivity index (χ0v) is 28.2. The smallest absolute Gasteiger partial charge is 0.294 e. The average Bonchev–Trinajstić information content (AvgIpc) is 3.22. The third-order valence-electron chi connectivity index (χ3n) is 7.76. The molecular weight excluding hydrogens is 699 g/mol. The summed E-state index contributed by atoms with van der Waals surface area (Å²) in [5, 5.41) is 0.461. The van der Waals surface area contributed by atoms with Crippen molar-refractivity contribution in [1.29, 1.82) is 0 Å². The minimum atomic E-state index is -4.33. The van der Waals surface area contributed by atoms with E-state index in [-0.39, 0.29) is 33.8 Å². The van der Waals surface area contributed by atoms with Crippen molar-refractivity contribution in [3.8, 4) is 0 Å². The predicted octanol–water partition coefficient (Wildman–Crippen LogP) is 2.96. The van der Waals surface area contributed by atoms with Crippen LogP contribution in [0.1, 0.15) is 52.7 Å². The lowest BCUT2D eigenvalue weighted by Crippen LogP contribution is -3.00. The molecule has 0 amide bonds. The normalized spacial score (nSPS) is 19.1. The fourth-order valence-corrected chi connectivity index (χ4v) is 6.82. The van der Waals surface area contributed by atoms with Gasteiger partial charge in [0, 0.05) is 46.1 Å². The summed E-state index contributed by atoms with van der Waals surface area (Å²) < 4.78 is 68.2. The fourth-order valence-electron chi connectivity index (χ4n) is 5.68. The molecule has 2 aliphatic heterocycles. The molecule has 222 valence electrons. The molecule has 2 N–H and O–H groups in total. The summed E-state index contributed by atoms with van der Waals surface area (Å²) in [6, 6.07) is 9.25. The first kappa shape index (κ1) is 33.5. The van der Waals surface area contributed by atoms with E-state index in [1.54, 1.807) is 24.3 Å². The Hall–Kier alpha value is -2.03. The van der Waals surface area contributed by atoms with Gasteiger partial charge in [0.1, 0.15) is 6.54 Å². The van der Waals surface area contributed by atoms with Crippen molar-refractivity contribution in [3.05, 3.63) is 82.6 Å². The van der Waals surface area contributed by atoms with Gasteiger partial charge in [0.15, 0.2) is 5.71 Å². The molecule has 0 saturated carbocycles. The van der Waals surface area contributed by atoms with Crippen molar-refractivity contribution >= 4 is 48.9 Å². The molecule has 0 saturated heterocycles. The monoisotopic (exact) mass is 732 g/mol. The van der Waals surface area contributed by atoms with Gasteiger partial charge in [-0.15, -0.1) is 0 Å². The number of anilines is 1. The van der Waals surface area contributed by atoms with Crippen LogP contribution in [0.4, 0.5) is 11.4 Å². The molecule has 0 radical (unpaired) electrons. The van der Waals surface area contributed by atoms with Gasteiger partial charge in [-0.2, -0.15) is 21.4 Å². The van der Waals surface area contributed by atoms with Crippen LogP contribution >= 0.6 is 11.6 Å². The van der Waals surface area contributed by atoms with E-state index >= 15 is 0 Å². The van der Waals surface area contributed by atoms with Gasteiger partial charge in [-0.3, -0.25) is 9.11 Å². The molecule has 2 aromatic rings. The lowest BCUT2D eigenvalue weighted by molar-refractivity contribution is -0.433. The minimum absolute atomic E-state index is 0. The Labute approximate surface area is 264 Å². The molecule has 2 heterocycles. The highest BCUT2D eigenvalue weighted by Crippen LogP contribution is 2.48. The van der Waals surface area contributed by atoms with Crippen molar-refractivity contribution in [2.24, 2.45) is 0 Å². The highest BCUT2D eigenvalue weighted by molar-refractivity contribution is 7.86. The van der Waals surface area contributed by atoms with Crippen molar-refractivity contribution in [3.63, 3.8) is 0 Å². The van der Waals surface area contributed by atoms with Crippen molar-refractivity contribution < 1.29 is 54.5 Å². The summed E-state index contributed by atoms with van der Waals surface area (Å²) in [4.78, 5) is 1.80. The molecule has 41 heavy (non-hydrogen) atoms. The number of fused-ring (bicyclic) bond motifs is 2. The topological polar surface area (TPSA) is 115 Å². The number of rotatable bonds is 7. The quantitative estimate of drug-likeness (QED) is 0.195. The lowest BCUT2D eigenvalue weighted by Gasteiger charge is -2.25. The Kier molecular flexibility index (Phi) is 9.45. The van der Waals surface area contributed by atoms with Crippen LogP contribution in [0, 0.1) is 0 Å². The number of hydrogen-bond acceptors (Lipinski definition) is 5. The van der Waals surface area contributed by atoms with E-state index in [0.717, 1.165) is 33.9 Å². The maximum Gasteiger partial charge on any atom is 0.294 e. The summed E-state index contributed by atoms with van der Waals surface area (Å²) in [5.74, 6) is 0. The van der Waals surface area contributed by atoms with Crippen LogP contribution < -0.4 is 28.9 Å². The van der Waals surface area contributed by atoms with Crippen LogP contribution in [-0.4, -0.2) is 49.3 Å². The van der Waals surface area contributed by atoms with Crippen molar-refractivity contribution in [2.75, 3.05) is 18.0 Å². The largest absolute Gasteiger partial charge is 1.00 e. The summed E-state index contributed by atoms with van der Waals surface area (Å²) in [6.07, 6.45) is 7.41. The number of nitrogens with zero attached hydrogens (tertiary/aromatic N) is 2. The fraction of sp³-hybridized carbons (Fsp3) is 0.345. The van der Waals surface area contributed by atoms with Crippen LogP contribution in [-0.2, 0) is 31.1 Å². The number of allylic oxidation sites excluding steroid dienone is 6.